The average molecular weight is 1090 g/mol. The van der Waals surface area contributed by atoms with Crippen LogP contribution < -0.4 is 10.2 Å². The summed E-state index contributed by atoms with van der Waals surface area (Å²) in [5.74, 6) is -0.522. The van der Waals surface area contributed by atoms with E-state index in [2.05, 4.69) is 38.2 Å². The Bertz CT molecular complexity index is 1350. The summed E-state index contributed by atoms with van der Waals surface area (Å²) in [6, 6.07) is -0.881. The minimum Gasteiger partial charge on any atom is -0.756 e. The Morgan fingerprint density at radius 3 is 1.12 bits per heavy atom. The average Bonchev–Trinajstić information content (AvgIpc) is 3.38. The third kappa shape index (κ3) is 57.2. The van der Waals surface area contributed by atoms with Crippen LogP contribution in [0.2, 0.25) is 0 Å². The number of phosphoric acid groups is 1. The molecule has 3 atom stereocenters. The fraction of sp³-hybridized carbons (Fsp3) is 0.909. The lowest BCUT2D eigenvalue weighted by Gasteiger charge is -2.30. The van der Waals surface area contributed by atoms with Gasteiger partial charge in [0.2, 0.25) is 5.91 Å². The van der Waals surface area contributed by atoms with Gasteiger partial charge >= 0.3 is 5.97 Å². The van der Waals surface area contributed by atoms with Crippen molar-refractivity contribution in [3.63, 3.8) is 0 Å². The molecule has 10 heteroatoms. The van der Waals surface area contributed by atoms with Crippen molar-refractivity contribution in [1.82, 2.24) is 5.32 Å². The standard InChI is InChI=1S/C66H129N2O7P/c1-7-10-13-16-19-22-25-28-29-30-31-32-33-34-35-36-37-38-39-41-43-46-49-52-55-58-65(69)67-63(62-74-76(71,72)73-61-60-68(4,5)6)64(57-54-51-48-45-42-27-24-21-18-15-12-9-3)75-66(70)59-56-53-50-47-44-40-26-23-20-17-14-11-8-2/h28-29,54,57,63-64H,7-27,30-53,55-56,58-62H2,1-6H3,(H-,67,69,71,72)/b29-28+,57-54-. The largest absolute Gasteiger partial charge is 0.756 e. The number of esters is 1. The number of rotatable bonds is 61. The second-order valence-electron chi connectivity index (χ2n) is 24.0. The molecule has 1 N–H and O–H groups in total. The summed E-state index contributed by atoms with van der Waals surface area (Å²) < 4.78 is 30.3. The van der Waals surface area contributed by atoms with E-state index >= 15 is 0 Å². The van der Waals surface area contributed by atoms with Crippen LogP contribution in [0.15, 0.2) is 24.3 Å². The lowest BCUT2D eigenvalue weighted by atomic mass is 10.0. The molecule has 0 aliphatic heterocycles. The summed E-state index contributed by atoms with van der Waals surface area (Å²) >= 11 is 0. The molecule has 450 valence electrons. The third-order valence-corrected chi connectivity index (χ3v) is 16.1. The molecular weight excluding hydrogens is 964 g/mol. The van der Waals surface area contributed by atoms with Crippen LogP contribution in [-0.2, 0) is 27.9 Å². The zero-order chi connectivity index (χ0) is 55.7. The lowest BCUT2D eigenvalue weighted by molar-refractivity contribution is -0.870. The number of nitrogens with one attached hydrogen (secondary N) is 1. The minimum atomic E-state index is -4.69. The summed E-state index contributed by atoms with van der Waals surface area (Å²) in [4.78, 5) is 40.0. The van der Waals surface area contributed by atoms with Gasteiger partial charge in [-0.15, -0.1) is 0 Å². The molecule has 0 aliphatic carbocycles. The van der Waals surface area contributed by atoms with Crippen LogP contribution in [0.3, 0.4) is 0 Å². The van der Waals surface area contributed by atoms with Crippen LogP contribution in [0.4, 0.5) is 0 Å². The number of quaternary nitrogens is 1. The van der Waals surface area contributed by atoms with E-state index in [-0.39, 0.29) is 31.5 Å². The maximum atomic E-state index is 13.6. The Kier molecular flexibility index (Phi) is 55.6. The molecule has 0 fully saturated rings. The van der Waals surface area contributed by atoms with Gasteiger partial charge in [-0.05, 0) is 57.4 Å². The second kappa shape index (κ2) is 56.8. The van der Waals surface area contributed by atoms with E-state index in [0.29, 0.717) is 17.4 Å². The van der Waals surface area contributed by atoms with Gasteiger partial charge in [-0.2, -0.15) is 0 Å². The second-order valence-corrected chi connectivity index (χ2v) is 25.4. The zero-order valence-electron chi connectivity index (χ0n) is 51.5. The fourth-order valence-corrected chi connectivity index (χ4v) is 10.7. The van der Waals surface area contributed by atoms with Crippen molar-refractivity contribution >= 4 is 19.7 Å². The highest BCUT2D eigenvalue weighted by Crippen LogP contribution is 2.38. The smallest absolute Gasteiger partial charge is 0.306 e. The van der Waals surface area contributed by atoms with Gasteiger partial charge in [0.15, 0.2) is 0 Å². The highest BCUT2D eigenvalue weighted by Gasteiger charge is 2.27. The predicted octanol–water partition coefficient (Wildman–Crippen LogP) is 19.9. The number of nitrogens with zero attached hydrogens (tertiary/aromatic N) is 1. The van der Waals surface area contributed by atoms with Gasteiger partial charge in [-0.25, -0.2) is 0 Å². The number of hydrogen-bond acceptors (Lipinski definition) is 7. The summed E-state index contributed by atoms with van der Waals surface area (Å²) in [6.07, 6.45) is 67.2. The number of amides is 1. The van der Waals surface area contributed by atoms with E-state index in [4.69, 9.17) is 13.8 Å². The highest BCUT2D eigenvalue weighted by atomic mass is 31.2. The lowest BCUT2D eigenvalue weighted by Crippen LogP contribution is -2.47. The Hall–Kier alpha value is -1.51. The Labute approximate surface area is 473 Å². The molecule has 1 amide bonds. The number of unbranched alkanes of at least 4 members (excludes halogenated alkanes) is 43. The number of phosphoric ester groups is 1. The van der Waals surface area contributed by atoms with Gasteiger partial charge in [0.25, 0.3) is 7.82 Å². The zero-order valence-corrected chi connectivity index (χ0v) is 52.4. The molecule has 0 rings (SSSR count). The number of carbonyl (C=O) groups is 2. The molecule has 0 aliphatic rings. The van der Waals surface area contributed by atoms with Gasteiger partial charge in [0.05, 0.1) is 33.8 Å². The highest BCUT2D eigenvalue weighted by molar-refractivity contribution is 7.45. The van der Waals surface area contributed by atoms with Gasteiger partial charge in [-0.3, -0.25) is 14.2 Å². The van der Waals surface area contributed by atoms with E-state index in [9.17, 15) is 19.0 Å². The first-order valence-electron chi connectivity index (χ1n) is 33.1. The van der Waals surface area contributed by atoms with E-state index < -0.39 is 20.0 Å². The normalized spacial score (nSPS) is 13.7. The maximum Gasteiger partial charge on any atom is 0.306 e. The number of ether oxygens (including phenoxy) is 1. The summed E-state index contributed by atoms with van der Waals surface area (Å²) in [7, 11) is 1.20. The predicted molar refractivity (Wildman–Crippen MR) is 326 cm³/mol. The molecule has 76 heavy (non-hydrogen) atoms. The number of likely N-dealkylation sites (N-methyl/N-ethyl adjacent to an activating group) is 1. The van der Waals surface area contributed by atoms with E-state index in [1.54, 1.807) is 0 Å². The summed E-state index contributed by atoms with van der Waals surface area (Å²) in [5, 5.41) is 3.04. The number of allylic oxidation sites excluding steroid dienone is 3. The maximum absolute atomic E-state index is 13.6. The molecule has 0 aromatic carbocycles. The first-order valence-corrected chi connectivity index (χ1v) is 34.6. The molecule has 0 saturated heterocycles. The van der Waals surface area contributed by atoms with Crippen LogP contribution in [0, 0.1) is 0 Å². The topological polar surface area (TPSA) is 114 Å². The molecule has 0 spiro atoms. The van der Waals surface area contributed by atoms with Crippen molar-refractivity contribution in [2.45, 2.75) is 348 Å². The van der Waals surface area contributed by atoms with Crippen LogP contribution in [0.1, 0.15) is 335 Å². The van der Waals surface area contributed by atoms with Crippen molar-refractivity contribution in [3.8, 4) is 0 Å². The molecule has 0 saturated carbocycles. The first kappa shape index (κ1) is 74.5. The van der Waals surface area contributed by atoms with Crippen molar-refractivity contribution in [2.75, 3.05) is 40.9 Å². The number of carbonyl (C=O) groups excluding carboxylic acids is 2. The van der Waals surface area contributed by atoms with Gasteiger partial charge in [0.1, 0.15) is 19.3 Å². The molecule has 3 unspecified atom stereocenters. The molecule has 0 aromatic rings. The fourth-order valence-electron chi connectivity index (χ4n) is 9.99. The van der Waals surface area contributed by atoms with E-state index in [1.165, 1.54) is 244 Å². The van der Waals surface area contributed by atoms with Gasteiger partial charge in [0, 0.05) is 12.8 Å². The molecular formula is C66H129N2O7P. The molecule has 0 radical (unpaired) electrons. The van der Waals surface area contributed by atoms with Crippen LogP contribution in [0.5, 0.6) is 0 Å². The molecule has 9 nitrogen and oxygen atoms in total. The van der Waals surface area contributed by atoms with E-state index in [1.807, 2.05) is 33.3 Å². The molecule has 0 heterocycles. The van der Waals surface area contributed by atoms with E-state index in [0.717, 1.165) is 57.8 Å². The number of hydrogen-bond donors (Lipinski definition) is 1. The van der Waals surface area contributed by atoms with Crippen molar-refractivity contribution in [1.29, 1.82) is 0 Å². The van der Waals surface area contributed by atoms with Crippen molar-refractivity contribution < 1.29 is 37.3 Å². The van der Waals surface area contributed by atoms with Gasteiger partial charge in [-0.1, -0.05) is 289 Å². The first-order chi connectivity index (χ1) is 36.9. The monoisotopic (exact) mass is 1090 g/mol. The minimum absolute atomic E-state index is 0.0181. The van der Waals surface area contributed by atoms with Gasteiger partial charge < -0.3 is 28.5 Å². The molecule has 0 aromatic heterocycles. The quantitative estimate of drug-likeness (QED) is 0.0212. The summed E-state index contributed by atoms with van der Waals surface area (Å²) in [5.41, 5.74) is 0. The Balaban J connectivity index is 5.02. The van der Waals surface area contributed by atoms with Crippen molar-refractivity contribution in [3.05, 3.63) is 24.3 Å². The van der Waals surface area contributed by atoms with Crippen LogP contribution in [-0.4, -0.2) is 69.4 Å². The Morgan fingerprint density at radius 2 is 0.763 bits per heavy atom. The van der Waals surface area contributed by atoms with Crippen molar-refractivity contribution in [2.24, 2.45) is 0 Å². The third-order valence-electron chi connectivity index (χ3n) is 15.1. The Morgan fingerprint density at radius 1 is 0.447 bits per heavy atom. The molecule has 0 bridgehead atoms. The van der Waals surface area contributed by atoms with Crippen LogP contribution >= 0.6 is 7.82 Å². The summed E-state index contributed by atoms with van der Waals surface area (Å²) in [6.45, 7) is 6.88. The van der Waals surface area contributed by atoms with Crippen LogP contribution in [0.25, 0.3) is 0 Å². The SMILES string of the molecule is CCCCCCCC/C=C/CCCCCCCCCCCCCCCCCC(=O)NC(COP(=O)([O-])OCC[N+](C)(C)C)C(/C=C\CCCCCCCCCCCC)OC(=O)CCCCCCCCCCCCCCC.